The highest BCUT2D eigenvalue weighted by Gasteiger charge is 2.20. The van der Waals surface area contributed by atoms with Crippen LogP contribution in [0.15, 0.2) is 42.5 Å². The number of carbonyl (C=O) groups excluding carboxylic acids is 2. The van der Waals surface area contributed by atoms with Crippen LogP contribution >= 0.6 is 0 Å². The third kappa shape index (κ3) is 6.20. The van der Waals surface area contributed by atoms with Gasteiger partial charge in [0, 0.05) is 17.8 Å². The number of amides is 1. The summed E-state index contributed by atoms with van der Waals surface area (Å²) in [4.78, 5) is 34.8. The fraction of sp³-hybridized carbons (Fsp3) is 0.333. The molecule has 9 nitrogen and oxygen atoms in total. The molecular weight excluding hydrogens is 392 g/mol. The van der Waals surface area contributed by atoms with Crippen molar-refractivity contribution in [3.05, 3.63) is 58.1 Å². The Hall–Kier alpha value is -3.62. The number of hydrogen-bond acceptors (Lipinski definition) is 7. The lowest BCUT2D eigenvalue weighted by atomic mass is 10.2. The first-order valence-corrected chi connectivity index (χ1v) is 9.28. The van der Waals surface area contributed by atoms with Crippen molar-refractivity contribution >= 4 is 23.3 Å². The number of rotatable bonds is 9. The minimum Gasteiger partial charge on any atom is -0.493 e. The van der Waals surface area contributed by atoms with E-state index >= 15 is 0 Å². The van der Waals surface area contributed by atoms with Crippen LogP contribution in [0, 0.1) is 16.0 Å². The number of esters is 1. The van der Waals surface area contributed by atoms with Crippen molar-refractivity contribution in [1.82, 2.24) is 0 Å². The predicted octanol–water partition coefficient (Wildman–Crippen LogP) is 3.82. The van der Waals surface area contributed by atoms with Gasteiger partial charge in [-0.05, 0) is 43.2 Å². The Kier molecular flexibility index (Phi) is 7.74. The second-order valence-corrected chi connectivity index (χ2v) is 6.91. The molecule has 0 fully saturated rings. The third-order valence-electron chi connectivity index (χ3n) is 3.97. The minimum atomic E-state index is -1.09. The number of carbonyl (C=O) groups is 2. The van der Waals surface area contributed by atoms with Crippen molar-refractivity contribution in [3.8, 4) is 11.5 Å². The maximum atomic E-state index is 12.4. The number of anilines is 1. The van der Waals surface area contributed by atoms with E-state index in [0.29, 0.717) is 29.7 Å². The predicted molar refractivity (Wildman–Crippen MR) is 110 cm³/mol. The Labute approximate surface area is 174 Å². The lowest BCUT2D eigenvalue weighted by Gasteiger charge is -2.15. The summed E-state index contributed by atoms with van der Waals surface area (Å²) in [5.41, 5.74) is 0.461. The molecule has 9 heteroatoms. The molecule has 0 radical (unpaired) electrons. The molecule has 0 bridgehead atoms. The first kappa shape index (κ1) is 22.7. The fourth-order valence-electron chi connectivity index (χ4n) is 2.36. The molecule has 2 rings (SSSR count). The Bertz CT molecular complexity index is 910. The van der Waals surface area contributed by atoms with E-state index in [2.05, 4.69) is 5.32 Å². The number of benzene rings is 2. The summed E-state index contributed by atoms with van der Waals surface area (Å²) in [6.07, 6.45) is -1.09. The van der Waals surface area contributed by atoms with E-state index in [-0.39, 0.29) is 11.3 Å². The average Bonchev–Trinajstić information content (AvgIpc) is 2.72. The molecule has 1 amide bonds. The fourth-order valence-corrected chi connectivity index (χ4v) is 2.36. The first-order valence-electron chi connectivity index (χ1n) is 9.28. The summed E-state index contributed by atoms with van der Waals surface area (Å²) in [6, 6.07) is 9.94. The van der Waals surface area contributed by atoms with E-state index in [9.17, 15) is 19.7 Å². The van der Waals surface area contributed by atoms with Crippen molar-refractivity contribution in [2.24, 2.45) is 5.92 Å². The number of nitrogens with zero attached hydrogens (tertiary/aromatic N) is 1. The van der Waals surface area contributed by atoms with Crippen LogP contribution in [0.4, 0.5) is 11.4 Å². The monoisotopic (exact) mass is 416 g/mol. The summed E-state index contributed by atoms with van der Waals surface area (Å²) < 4.78 is 16.1. The normalized spacial score (nSPS) is 11.5. The van der Waals surface area contributed by atoms with E-state index in [1.165, 1.54) is 50.4 Å². The molecule has 1 N–H and O–H groups in total. The molecule has 160 valence electrons. The van der Waals surface area contributed by atoms with Crippen molar-refractivity contribution in [3.63, 3.8) is 0 Å². The highest BCUT2D eigenvalue weighted by atomic mass is 16.6. The summed E-state index contributed by atoms with van der Waals surface area (Å²) in [5, 5.41) is 13.2. The van der Waals surface area contributed by atoms with Crippen LogP contribution < -0.4 is 14.8 Å². The summed E-state index contributed by atoms with van der Waals surface area (Å²) in [7, 11) is 1.47. The zero-order valence-electron chi connectivity index (χ0n) is 17.2. The Morgan fingerprint density at radius 3 is 2.30 bits per heavy atom. The van der Waals surface area contributed by atoms with Crippen LogP contribution in [-0.2, 0) is 9.53 Å². The van der Waals surface area contributed by atoms with Crippen LogP contribution in [0.2, 0.25) is 0 Å². The van der Waals surface area contributed by atoms with E-state index in [0.717, 1.165) is 0 Å². The number of nitro benzene ring substituents is 1. The molecular formula is C21H24N2O7. The number of nitrogens with one attached hydrogen (secondary N) is 1. The maximum Gasteiger partial charge on any atom is 0.339 e. The van der Waals surface area contributed by atoms with E-state index in [4.69, 9.17) is 14.2 Å². The van der Waals surface area contributed by atoms with Gasteiger partial charge in [-0.2, -0.15) is 0 Å². The van der Waals surface area contributed by atoms with Crippen molar-refractivity contribution in [2.75, 3.05) is 19.0 Å². The molecule has 0 aliphatic rings. The van der Waals surface area contributed by atoms with Gasteiger partial charge in [-0.25, -0.2) is 4.79 Å². The van der Waals surface area contributed by atoms with Gasteiger partial charge in [0.15, 0.2) is 17.6 Å². The molecule has 0 saturated heterocycles. The highest BCUT2D eigenvalue weighted by Crippen LogP contribution is 2.29. The molecule has 0 saturated carbocycles. The molecule has 1 atom stereocenters. The first-order chi connectivity index (χ1) is 14.2. The van der Waals surface area contributed by atoms with Gasteiger partial charge in [0.25, 0.3) is 11.6 Å². The van der Waals surface area contributed by atoms with E-state index in [1.807, 2.05) is 13.8 Å². The quantitative estimate of drug-likeness (QED) is 0.375. The smallest absolute Gasteiger partial charge is 0.339 e. The molecule has 0 aliphatic heterocycles. The number of nitro groups is 1. The second-order valence-electron chi connectivity index (χ2n) is 6.91. The third-order valence-corrected chi connectivity index (χ3v) is 3.97. The van der Waals surface area contributed by atoms with Crippen molar-refractivity contribution in [1.29, 1.82) is 0 Å². The van der Waals surface area contributed by atoms with Gasteiger partial charge in [-0.15, -0.1) is 0 Å². The minimum absolute atomic E-state index is 0.0951. The van der Waals surface area contributed by atoms with Crippen LogP contribution in [0.5, 0.6) is 11.5 Å². The second kappa shape index (κ2) is 10.2. The van der Waals surface area contributed by atoms with Gasteiger partial charge >= 0.3 is 5.97 Å². The van der Waals surface area contributed by atoms with Crippen LogP contribution in [0.1, 0.15) is 31.1 Å². The van der Waals surface area contributed by atoms with Gasteiger partial charge in [0.2, 0.25) is 0 Å². The van der Waals surface area contributed by atoms with Crippen LogP contribution in [0.25, 0.3) is 0 Å². The Balaban J connectivity index is 2.00. The van der Waals surface area contributed by atoms with Gasteiger partial charge in [0.1, 0.15) is 0 Å². The van der Waals surface area contributed by atoms with E-state index in [1.54, 1.807) is 6.07 Å². The van der Waals surface area contributed by atoms with Crippen LogP contribution in [-0.4, -0.2) is 36.6 Å². The lowest BCUT2D eigenvalue weighted by Crippen LogP contribution is -2.30. The molecule has 0 heterocycles. The van der Waals surface area contributed by atoms with Crippen molar-refractivity contribution < 1.29 is 28.7 Å². The average molecular weight is 416 g/mol. The molecule has 0 aliphatic carbocycles. The van der Waals surface area contributed by atoms with Gasteiger partial charge < -0.3 is 19.5 Å². The summed E-state index contributed by atoms with van der Waals surface area (Å²) in [5.74, 6) is -0.0506. The standard InChI is InChI=1S/C21H24N2O7/c1-13(2)12-29-18-10-5-15(11-19(18)28-4)21(25)30-14(3)20(24)22-16-6-8-17(9-7-16)23(26)27/h5-11,13-14H,12H2,1-4H3,(H,22,24). The zero-order chi connectivity index (χ0) is 22.3. The molecule has 2 aromatic rings. The lowest BCUT2D eigenvalue weighted by molar-refractivity contribution is -0.384. The molecule has 1 unspecified atom stereocenters. The molecule has 0 spiro atoms. The Morgan fingerprint density at radius 1 is 1.07 bits per heavy atom. The topological polar surface area (TPSA) is 117 Å². The highest BCUT2D eigenvalue weighted by molar-refractivity contribution is 5.97. The van der Waals surface area contributed by atoms with Crippen LogP contribution in [0.3, 0.4) is 0 Å². The molecule has 30 heavy (non-hydrogen) atoms. The maximum absolute atomic E-state index is 12.4. The SMILES string of the molecule is COc1cc(C(=O)OC(C)C(=O)Nc2ccc([N+](=O)[O-])cc2)ccc1OCC(C)C. The van der Waals surface area contributed by atoms with Gasteiger partial charge in [0.05, 0.1) is 24.2 Å². The molecule has 0 aromatic heterocycles. The van der Waals surface area contributed by atoms with Crippen molar-refractivity contribution in [2.45, 2.75) is 26.9 Å². The van der Waals surface area contributed by atoms with Gasteiger partial charge in [-0.1, -0.05) is 13.8 Å². The van der Waals surface area contributed by atoms with Gasteiger partial charge in [-0.3, -0.25) is 14.9 Å². The number of methoxy groups -OCH3 is 1. The number of ether oxygens (including phenoxy) is 3. The zero-order valence-corrected chi connectivity index (χ0v) is 17.2. The number of hydrogen-bond donors (Lipinski definition) is 1. The Morgan fingerprint density at radius 2 is 1.73 bits per heavy atom. The largest absolute Gasteiger partial charge is 0.493 e. The molecule has 2 aromatic carbocycles. The van der Waals surface area contributed by atoms with E-state index < -0.39 is 22.9 Å². The number of non-ortho nitro benzene ring substituents is 1. The summed E-state index contributed by atoms with van der Waals surface area (Å²) >= 11 is 0. The summed E-state index contributed by atoms with van der Waals surface area (Å²) in [6.45, 7) is 5.96.